The number of thiazole rings is 1. The molecule has 0 radical (unpaired) electrons. The van der Waals surface area contributed by atoms with E-state index in [1.165, 1.54) is 41.8 Å². The van der Waals surface area contributed by atoms with Crippen molar-refractivity contribution in [3.8, 4) is 0 Å². The molecule has 1 heterocycles. The van der Waals surface area contributed by atoms with E-state index in [9.17, 15) is 0 Å². The average Bonchev–Trinajstić information content (AvgIpc) is 2.87. The van der Waals surface area contributed by atoms with E-state index in [1.54, 1.807) is 0 Å². The maximum Gasteiger partial charge on any atom is 0.0954 e. The largest absolute Gasteiger partial charge is 0.314 e. The molecule has 0 fully saturated rings. The van der Waals surface area contributed by atoms with Crippen molar-refractivity contribution < 1.29 is 0 Å². The molecule has 2 rings (SSSR count). The van der Waals surface area contributed by atoms with Gasteiger partial charge in [-0.15, -0.1) is 11.3 Å². The van der Waals surface area contributed by atoms with Gasteiger partial charge in [-0.05, 0) is 31.5 Å². The molecule has 0 amide bonds. The van der Waals surface area contributed by atoms with Gasteiger partial charge in [0.05, 0.1) is 15.2 Å². The van der Waals surface area contributed by atoms with Gasteiger partial charge in [0.1, 0.15) is 0 Å². The van der Waals surface area contributed by atoms with Crippen molar-refractivity contribution in [1.82, 2.24) is 10.3 Å². The second-order valence-corrected chi connectivity index (χ2v) is 6.54. The van der Waals surface area contributed by atoms with Crippen LogP contribution >= 0.6 is 11.3 Å². The fourth-order valence-corrected chi connectivity index (χ4v) is 3.53. The summed E-state index contributed by atoms with van der Waals surface area (Å²) in [7, 11) is 0. The highest BCUT2D eigenvalue weighted by Gasteiger charge is 2.12. The van der Waals surface area contributed by atoms with Crippen molar-refractivity contribution in [1.29, 1.82) is 0 Å². The maximum atomic E-state index is 4.77. The molecule has 20 heavy (non-hydrogen) atoms. The first-order valence-corrected chi connectivity index (χ1v) is 8.73. The number of unbranched alkanes of at least 4 members (excludes halogenated alkanes) is 2. The minimum Gasteiger partial charge on any atom is -0.314 e. The molecule has 0 bridgehead atoms. The molecule has 0 aliphatic carbocycles. The molecule has 1 N–H and O–H groups in total. The monoisotopic (exact) mass is 290 g/mol. The van der Waals surface area contributed by atoms with Gasteiger partial charge in [-0.25, -0.2) is 4.98 Å². The van der Waals surface area contributed by atoms with Gasteiger partial charge in [0.25, 0.3) is 0 Å². The number of rotatable bonds is 9. The fraction of sp³-hybridized carbons (Fsp3) is 0.588. The third kappa shape index (κ3) is 4.57. The van der Waals surface area contributed by atoms with Crippen LogP contribution in [0.3, 0.4) is 0 Å². The molecule has 1 unspecified atom stereocenters. The van der Waals surface area contributed by atoms with Crippen LogP contribution in [0.1, 0.15) is 51.0 Å². The van der Waals surface area contributed by atoms with E-state index < -0.39 is 0 Å². The first-order valence-electron chi connectivity index (χ1n) is 7.91. The third-order valence-corrected chi connectivity index (χ3v) is 4.66. The number of nitrogens with zero attached hydrogens (tertiary/aromatic N) is 1. The molecule has 0 aliphatic rings. The normalized spacial score (nSPS) is 12.9. The summed E-state index contributed by atoms with van der Waals surface area (Å²) in [6, 6.07) is 9.03. The second-order valence-electron chi connectivity index (χ2n) is 5.43. The Morgan fingerprint density at radius 3 is 2.75 bits per heavy atom. The molecule has 110 valence electrons. The van der Waals surface area contributed by atoms with Crippen molar-refractivity contribution in [2.24, 2.45) is 0 Å². The third-order valence-electron chi connectivity index (χ3n) is 3.60. The SMILES string of the molecule is CCCCCC(Cc1nc2ccccc2s1)NCCC. The molecule has 1 aromatic heterocycles. The average molecular weight is 290 g/mol. The zero-order valence-electron chi connectivity index (χ0n) is 12.7. The van der Waals surface area contributed by atoms with Gasteiger partial charge in [0.15, 0.2) is 0 Å². The van der Waals surface area contributed by atoms with Gasteiger partial charge in [-0.1, -0.05) is 45.2 Å². The van der Waals surface area contributed by atoms with Crippen LogP contribution in [0.5, 0.6) is 0 Å². The van der Waals surface area contributed by atoms with Gasteiger partial charge >= 0.3 is 0 Å². The van der Waals surface area contributed by atoms with Crippen LogP contribution in [0, 0.1) is 0 Å². The Balaban J connectivity index is 1.97. The Morgan fingerprint density at radius 1 is 1.15 bits per heavy atom. The Labute approximate surface area is 126 Å². The zero-order valence-corrected chi connectivity index (χ0v) is 13.5. The van der Waals surface area contributed by atoms with Crippen molar-refractivity contribution in [3.05, 3.63) is 29.3 Å². The van der Waals surface area contributed by atoms with Gasteiger partial charge in [0.2, 0.25) is 0 Å². The minimum atomic E-state index is 0.585. The van der Waals surface area contributed by atoms with E-state index in [2.05, 4.69) is 43.4 Å². The standard InChI is InChI=1S/C17H26N2S/c1-3-5-6-9-14(18-12-4-2)13-17-19-15-10-7-8-11-16(15)20-17/h7-8,10-11,14,18H,3-6,9,12-13H2,1-2H3. The van der Waals surface area contributed by atoms with Crippen LogP contribution in [0.2, 0.25) is 0 Å². The summed E-state index contributed by atoms with van der Waals surface area (Å²) in [4.78, 5) is 4.77. The van der Waals surface area contributed by atoms with E-state index in [0.29, 0.717) is 6.04 Å². The Morgan fingerprint density at radius 2 is 2.00 bits per heavy atom. The number of para-hydroxylation sites is 1. The Hall–Kier alpha value is -0.930. The number of hydrogen-bond donors (Lipinski definition) is 1. The van der Waals surface area contributed by atoms with Crippen LogP contribution in [-0.2, 0) is 6.42 Å². The lowest BCUT2D eigenvalue weighted by Crippen LogP contribution is -2.31. The first-order chi connectivity index (χ1) is 9.83. The molecule has 1 aromatic carbocycles. The van der Waals surface area contributed by atoms with Crippen molar-refractivity contribution in [2.45, 2.75) is 58.4 Å². The number of fused-ring (bicyclic) bond motifs is 1. The van der Waals surface area contributed by atoms with Crippen molar-refractivity contribution >= 4 is 21.6 Å². The second kappa shape index (κ2) is 8.38. The van der Waals surface area contributed by atoms with Gasteiger partial charge in [0, 0.05) is 12.5 Å². The lowest BCUT2D eigenvalue weighted by Gasteiger charge is -2.17. The van der Waals surface area contributed by atoms with E-state index >= 15 is 0 Å². The predicted octanol–water partition coefficient (Wildman–Crippen LogP) is 4.79. The molecule has 3 heteroatoms. The van der Waals surface area contributed by atoms with Crippen molar-refractivity contribution in [3.63, 3.8) is 0 Å². The highest BCUT2D eigenvalue weighted by atomic mass is 32.1. The van der Waals surface area contributed by atoms with E-state index in [4.69, 9.17) is 4.98 Å². The van der Waals surface area contributed by atoms with Gasteiger partial charge < -0.3 is 5.32 Å². The maximum absolute atomic E-state index is 4.77. The summed E-state index contributed by atoms with van der Waals surface area (Å²) in [5.41, 5.74) is 1.15. The van der Waals surface area contributed by atoms with Crippen LogP contribution in [0.15, 0.2) is 24.3 Å². The van der Waals surface area contributed by atoms with Crippen LogP contribution in [0.4, 0.5) is 0 Å². The lowest BCUT2D eigenvalue weighted by atomic mass is 10.1. The van der Waals surface area contributed by atoms with E-state index in [0.717, 1.165) is 18.5 Å². The van der Waals surface area contributed by atoms with Gasteiger partial charge in [-0.3, -0.25) is 0 Å². The lowest BCUT2D eigenvalue weighted by molar-refractivity contribution is 0.456. The molecule has 0 aliphatic heterocycles. The summed E-state index contributed by atoms with van der Waals surface area (Å²) in [6.45, 7) is 5.61. The topological polar surface area (TPSA) is 24.9 Å². The predicted molar refractivity (Wildman–Crippen MR) is 89.5 cm³/mol. The highest BCUT2D eigenvalue weighted by molar-refractivity contribution is 7.18. The van der Waals surface area contributed by atoms with Crippen LogP contribution in [-0.4, -0.2) is 17.6 Å². The van der Waals surface area contributed by atoms with E-state index in [1.807, 2.05) is 11.3 Å². The Bertz CT molecular complexity index is 473. The first kappa shape index (κ1) is 15.5. The number of benzene rings is 1. The zero-order chi connectivity index (χ0) is 14.2. The smallest absolute Gasteiger partial charge is 0.0954 e. The Kier molecular flexibility index (Phi) is 6.48. The summed E-state index contributed by atoms with van der Waals surface area (Å²) in [5, 5.41) is 4.96. The highest BCUT2D eigenvalue weighted by Crippen LogP contribution is 2.23. The quantitative estimate of drug-likeness (QED) is 0.672. The molecule has 2 nitrogen and oxygen atoms in total. The molecule has 1 atom stereocenters. The summed E-state index contributed by atoms with van der Waals surface area (Å²) >= 11 is 1.85. The molecule has 0 spiro atoms. The molecule has 0 saturated carbocycles. The number of aromatic nitrogens is 1. The fourth-order valence-electron chi connectivity index (χ4n) is 2.48. The summed E-state index contributed by atoms with van der Waals surface area (Å²) in [6.07, 6.45) is 7.49. The number of nitrogens with one attached hydrogen (secondary N) is 1. The molecule has 2 aromatic rings. The summed E-state index contributed by atoms with van der Waals surface area (Å²) < 4.78 is 1.31. The van der Waals surface area contributed by atoms with Crippen LogP contribution in [0.25, 0.3) is 10.2 Å². The number of hydrogen-bond acceptors (Lipinski definition) is 3. The van der Waals surface area contributed by atoms with Gasteiger partial charge in [-0.2, -0.15) is 0 Å². The van der Waals surface area contributed by atoms with Crippen LogP contribution < -0.4 is 5.32 Å². The minimum absolute atomic E-state index is 0.585. The molecular weight excluding hydrogens is 264 g/mol. The molecule has 0 saturated heterocycles. The van der Waals surface area contributed by atoms with E-state index in [-0.39, 0.29) is 0 Å². The van der Waals surface area contributed by atoms with Crippen molar-refractivity contribution in [2.75, 3.05) is 6.54 Å². The summed E-state index contributed by atoms with van der Waals surface area (Å²) in [5.74, 6) is 0. The molecular formula is C17H26N2S.